The highest BCUT2D eigenvalue weighted by Gasteiger charge is 2.10. The number of nitrogens with zero attached hydrogens (tertiary/aromatic N) is 1. The van der Waals surface area contributed by atoms with Crippen LogP contribution in [-0.4, -0.2) is 11.6 Å². The Morgan fingerprint density at radius 3 is 2.70 bits per heavy atom. The van der Waals surface area contributed by atoms with Gasteiger partial charge in [-0.25, -0.2) is 0 Å². The molecule has 0 radical (unpaired) electrons. The molecule has 0 bridgehead atoms. The van der Waals surface area contributed by atoms with Crippen LogP contribution in [0.1, 0.15) is 24.1 Å². The van der Waals surface area contributed by atoms with Crippen LogP contribution in [0.4, 0.5) is 0 Å². The van der Waals surface area contributed by atoms with Crippen LogP contribution in [0.15, 0.2) is 36.7 Å². The normalized spacial score (nSPS) is 12.2. The minimum absolute atomic E-state index is 0.167. The van der Waals surface area contributed by atoms with E-state index < -0.39 is 0 Å². The second kappa shape index (κ2) is 6.93. The number of hydrogen-bond acceptors (Lipinski definition) is 3. The van der Waals surface area contributed by atoms with Crippen molar-refractivity contribution in [1.29, 1.82) is 0 Å². The van der Waals surface area contributed by atoms with Gasteiger partial charge in [0.05, 0.1) is 22.8 Å². The molecule has 0 fully saturated rings. The van der Waals surface area contributed by atoms with Gasteiger partial charge in [0.1, 0.15) is 5.75 Å². The van der Waals surface area contributed by atoms with Gasteiger partial charge in [0, 0.05) is 12.2 Å². The number of hydrogen-bond donors (Lipinski definition) is 1. The summed E-state index contributed by atoms with van der Waals surface area (Å²) in [4.78, 5) is 4.15. The van der Waals surface area contributed by atoms with Crippen LogP contribution in [-0.2, 0) is 6.42 Å². The summed E-state index contributed by atoms with van der Waals surface area (Å²) in [7, 11) is 0. The lowest BCUT2D eigenvalue weighted by Gasteiger charge is -2.13. The van der Waals surface area contributed by atoms with Crippen molar-refractivity contribution in [2.45, 2.75) is 19.4 Å². The zero-order valence-electron chi connectivity index (χ0n) is 11.1. The first-order valence-electron chi connectivity index (χ1n) is 6.37. The van der Waals surface area contributed by atoms with Crippen LogP contribution in [0, 0.1) is 0 Å². The molecule has 106 valence electrons. The molecule has 2 rings (SSSR count). The van der Waals surface area contributed by atoms with E-state index in [2.05, 4.69) is 4.98 Å². The topological polar surface area (TPSA) is 48.1 Å². The minimum Gasteiger partial charge on any atom is -0.492 e. The highest BCUT2D eigenvalue weighted by atomic mass is 35.5. The lowest BCUT2D eigenvalue weighted by Crippen LogP contribution is -2.13. The van der Waals surface area contributed by atoms with Crippen LogP contribution >= 0.6 is 23.2 Å². The van der Waals surface area contributed by atoms with Gasteiger partial charge in [-0.05, 0) is 42.7 Å². The van der Waals surface area contributed by atoms with Crippen LogP contribution in [0.5, 0.6) is 5.75 Å². The van der Waals surface area contributed by atoms with Crippen molar-refractivity contribution in [3.8, 4) is 5.75 Å². The second-order valence-electron chi connectivity index (χ2n) is 4.45. The Kier molecular flexibility index (Phi) is 5.24. The molecular formula is C15H16Cl2N2O. The summed E-state index contributed by atoms with van der Waals surface area (Å²) in [5.74, 6) is 0.731. The molecule has 1 unspecified atom stereocenters. The molecule has 1 heterocycles. The third-order valence-corrected chi connectivity index (χ3v) is 3.65. The summed E-state index contributed by atoms with van der Waals surface area (Å²) in [5.41, 5.74) is 8.18. The molecule has 5 heteroatoms. The van der Waals surface area contributed by atoms with Gasteiger partial charge in [-0.3, -0.25) is 4.98 Å². The lowest BCUT2D eigenvalue weighted by atomic mass is 10.0. The van der Waals surface area contributed by atoms with Crippen molar-refractivity contribution in [3.05, 3.63) is 57.8 Å². The predicted octanol–water partition coefficient (Wildman–Crippen LogP) is 4.03. The summed E-state index contributed by atoms with van der Waals surface area (Å²) in [6, 6.07) is 7.29. The summed E-state index contributed by atoms with van der Waals surface area (Å²) in [5, 5.41) is 1.08. The van der Waals surface area contributed by atoms with E-state index in [4.69, 9.17) is 33.7 Å². The maximum absolute atomic E-state index is 6.21. The van der Waals surface area contributed by atoms with Gasteiger partial charge >= 0.3 is 0 Å². The van der Waals surface area contributed by atoms with Crippen molar-refractivity contribution >= 4 is 23.2 Å². The number of rotatable bonds is 5. The third-order valence-electron chi connectivity index (χ3n) is 2.91. The van der Waals surface area contributed by atoms with Gasteiger partial charge in [-0.1, -0.05) is 29.3 Å². The average Bonchev–Trinajstić information content (AvgIpc) is 2.43. The van der Waals surface area contributed by atoms with E-state index in [9.17, 15) is 0 Å². The lowest BCUT2D eigenvalue weighted by molar-refractivity contribution is 0.338. The second-order valence-corrected chi connectivity index (χ2v) is 5.26. The van der Waals surface area contributed by atoms with Crippen molar-refractivity contribution in [1.82, 2.24) is 4.98 Å². The third kappa shape index (κ3) is 3.85. The predicted molar refractivity (Wildman–Crippen MR) is 82.5 cm³/mol. The molecule has 0 saturated heterocycles. The number of pyridine rings is 1. The smallest absolute Gasteiger partial charge is 0.137 e. The Bertz CT molecular complexity index is 590. The van der Waals surface area contributed by atoms with Crippen LogP contribution in [0.2, 0.25) is 10.0 Å². The highest BCUT2D eigenvalue weighted by molar-refractivity contribution is 6.42. The van der Waals surface area contributed by atoms with Crippen molar-refractivity contribution in [2.24, 2.45) is 5.73 Å². The fourth-order valence-electron chi connectivity index (χ4n) is 1.92. The molecule has 2 N–H and O–H groups in total. The molecule has 1 aromatic carbocycles. The zero-order valence-corrected chi connectivity index (χ0v) is 12.7. The van der Waals surface area contributed by atoms with Crippen LogP contribution in [0.3, 0.4) is 0 Å². The molecule has 3 nitrogen and oxygen atoms in total. The molecule has 1 aromatic heterocycles. The molecule has 0 saturated carbocycles. The Morgan fingerprint density at radius 2 is 2.00 bits per heavy atom. The summed E-state index contributed by atoms with van der Waals surface area (Å²) in [6.45, 7) is 2.54. The van der Waals surface area contributed by atoms with Crippen molar-refractivity contribution < 1.29 is 4.74 Å². The van der Waals surface area contributed by atoms with Crippen LogP contribution in [0.25, 0.3) is 0 Å². The van der Waals surface area contributed by atoms with E-state index in [1.54, 1.807) is 18.5 Å². The SMILES string of the molecule is CCOc1cncc(C(N)Cc2ccc(Cl)c(Cl)c2)c1. The van der Waals surface area contributed by atoms with Gasteiger partial charge in [-0.15, -0.1) is 0 Å². The molecule has 20 heavy (non-hydrogen) atoms. The Labute approximate surface area is 128 Å². The molecule has 2 aromatic rings. The molecular weight excluding hydrogens is 295 g/mol. The molecule has 0 aliphatic carbocycles. The standard InChI is InChI=1S/C15H16Cl2N2O/c1-2-20-12-7-11(8-19-9-12)15(18)6-10-3-4-13(16)14(17)5-10/h3-5,7-9,15H,2,6,18H2,1H3. The van der Waals surface area contributed by atoms with E-state index in [0.717, 1.165) is 16.9 Å². The molecule has 0 aliphatic heterocycles. The van der Waals surface area contributed by atoms with Gasteiger partial charge in [0.25, 0.3) is 0 Å². The molecule has 1 atom stereocenters. The first-order chi connectivity index (χ1) is 9.60. The van der Waals surface area contributed by atoms with E-state index in [1.807, 2.05) is 25.1 Å². The minimum atomic E-state index is -0.167. The number of nitrogens with two attached hydrogens (primary N) is 1. The monoisotopic (exact) mass is 310 g/mol. The van der Waals surface area contributed by atoms with Gasteiger partial charge in [0.15, 0.2) is 0 Å². The van der Waals surface area contributed by atoms with Gasteiger partial charge in [0.2, 0.25) is 0 Å². The maximum atomic E-state index is 6.21. The quantitative estimate of drug-likeness (QED) is 0.907. The molecule has 0 aliphatic rings. The fraction of sp³-hybridized carbons (Fsp3) is 0.267. The van der Waals surface area contributed by atoms with Crippen molar-refractivity contribution in [3.63, 3.8) is 0 Å². The number of halogens is 2. The Balaban J connectivity index is 2.12. The summed E-state index contributed by atoms with van der Waals surface area (Å²) >= 11 is 11.9. The van der Waals surface area contributed by atoms with Crippen molar-refractivity contribution in [2.75, 3.05) is 6.61 Å². The highest BCUT2D eigenvalue weighted by Crippen LogP contribution is 2.25. The van der Waals surface area contributed by atoms with E-state index in [1.165, 1.54) is 0 Å². The number of aromatic nitrogens is 1. The van der Waals surface area contributed by atoms with E-state index >= 15 is 0 Å². The first kappa shape index (κ1) is 15.1. The number of benzene rings is 1. The number of ether oxygens (including phenoxy) is 1. The van der Waals surface area contributed by atoms with E-state index in [-0.39, 0.29) is 6.04 Å². The summed E-state index contributed by atoms with van der Waals surface area (Å²) in [6.07, 6.45) is 4.09. The van der Waals surface area contributed by atoms with Crippen LogP contribution < -0.4 is 10.5 Å². The fourth-order valence-corrected chi connectivity index (χ4v) is 2.24. The van der Waals surface area contributed by atoms with Gasteiger partial charge < -0.3 is 10.5 Å². The summed E-state index contributed by atoms with van der Waals surface area (Å²) < 4.78 is 5.43. The van der Waals surface area contributed by atoms with Gasteiger partial charge in [-0.2, -0.15) is 0 Å². The first-order valence-corrected chi connectivity index (χ1v) is 7.13. The molecule has 0 spiro atoms. The zero-order chi connectivity index (χ0) is 14.5. The van der Waals surface area contributed by atoms with E-state index in [0.29, 0.717) is 23.1 Å². The Morgan fingerprint density at radius 1 is 1.20 bits per heavy atom. The maximum Gasteiger partial charge on any atom is 0.137 e. The average molecular weight is 311 g/mol. The Hall–Kier alpha value is -1.29. The largest absolute Gasteiger partial charge is 0.492 e. The molecule has 0 amide bonds.